The van der Waals surface area contributed by atoms with Crippen LogP contribution < -0.4 is 5.32 Å². The Kier molecular flexibility index (Phi) is 5.53. The fourth-order valence-corrected chi connectivity index (χ4v) is 4.41. The zero-order chi connectivity index (χ0) is 21.2. The highest BCUT2D eigenvalue weighted by atomic mass is 15.2. The molecule has 1 saturated heterocycles. The first-order chi connectivity index (χ1) is 15.1. The maximum absolute atomic E-state index is 4.79. The summed E-state index contributed by atoms with van der Waals surface area (Å²) in [4.78, 5) is 14.3. The molecule has 0 spiro atoms. The Balaban J connectivity index is 1.30. The Bertz CT molecular complexity index is 1110. The number of benzene rings is 2. The van der Waals surface area contributed by atoms with Gasteiger partial charge < -0.3 is 10.2 Å². The van der Waals surface area contributed by atoms with E-state index < -0.39 is 0 Å². The molecule has 158 valence electrons. The summed E-state index contributed by atoms with van der Waals surface area (Å²) in [7, 11) is 2.19. The molecule has 0 saturated carbocycles. The zero-order valence-electron chi connectivity index (χ0n) is 18.3. The number of aryl methyl sites for hydroxylation is 1. The lowest BCUT2D eigenvalue weighted by Gasteiger charge is -2.32. The number of allylic oxidation sites excluding steroid dienone is 1. The first-order valence-electron chi connectivity index (χ1n) is 11.0. The average Bonchev–Trinajstić information content (AvgIpc) is 3.19. The van der Waals surface area contributed by atoms with Crippen molar-refractivity contribution in [3.63, 3.8) is 0 Å². The van der Waals surface area contributed by atoms with Gasteiger partial charge in [0.2, 0.25) is 5.95 Å². The monoisotopic (exact) mass is 411 g/mol. The second-order valence-corrected chi connectivity index (χ2v) is 8.67. The number of hydrogen-bond donors (Lipinski definition) is 1. The molecular formula is C26H29N5. The van der Waals surface area contributed by atoms with Crippen molar-refractivity contribution in [3.05, 3.63) is 82.7 Å². The van der Waals surface area contributed by atoms with Crippen LogP contribution in [0, 0.1) is 6.92 Å². The number of fused-ring (bicyclic) bond motifs is 1. The lowest BCUT2D eigenvalue weighted by Crippen LogP contribution is -2.43. The molecule has 1 aromatic heterocycles. The third-order valence-electron chi connectivity index (χ3n) is 6.27. The highest BCUT2D eigenvalue weighted by Gasteiger charge is 2.18. The standard InChI is InChI=1S/C26H29N5/c1-19-6-3-4-9-24(19)21-15-22-17-27-26(29-25(22)16-21)28-23-8-5-7-20(14-23)18-31-12-10-30(2)11-13-31/h3-9,14,16-17H,10-13,15,18H2,1-2H3,(H,27,28,29). The highest BCUT2D eigenvalue weighted by Crippen LogP contribution is 2.32. The normalized spacial score (nSPS) is 16.8. The molecule has 1 aliphatic heterocycles. The number of rotatable bonds is 5. The first-order valence-corrected chi connectivity index (χ1v) is 11.0. The van der Waals surface area contributed by atoms with Crippen molar-refractivity contribution >= 4 is 23.3 Å². The second-order valence-electron chi connectivity index (χ2n) is 8.67. The molecule has 31 heavy (non-hydrogen) atoms. The maximum Gasteiger partial charge on any atom is 0.227 e. The molecule has 5 rings (SSSR count). The van der Waals surface area contributed by atoms with Crippen LogP contribution in [0.25, 0.3) is 11.6 Å². The van der Waals surface area contributed by atoms with Gasteiger partial charge in [-0.15, -0.1) is 0 Å². The Hall–Kier alpha value is -3.02. The molecule has 2 aromatic carbocycles. The van der Waals surface area contributed by atoms with Crippen molar-refractivity contribution < 1.29 is 0 Å². The molecule has 5 nitrogen and oxygen atoms in total. The smallest absolute Gasteiger partial charge is 0.227 e. The third kappa shape index (κ3) is 4.53. The SMILES string of the molecule is Cc1ccccc1C1=Cc2nc(Nc3cccc(CN4CCN(C)CC4)c3)ncc2C1. The number of anilines is 2. The van der Waals surface area contributed by atoms with E-state index in [0.29, 0.717) is 5.95 Å². The summed E-state index contributed by atoms with van der Waals surface area (Å²) in [6, 6.07) is 17.1. The van der Waals surface area contributed by atoms with E-state index in [4.69, 9.17) is 4.98 Å². The molecule has 1 fully saturated rings. The van der Waals surface area contributed by atoms with Gasteiger partial charge >= 0.3 is 0 Å². The number of piperazine rings is 1. The van der Waals surface area contributed by atoms with Gasteiger partial charge in [-0.2, -0.15) is 0 Å². The molecular weight excluding hydrogens is 382 g/mol. The first kappa shape index (κ1) is 19.9. The van der Waals surface area contributed by atoms with Crippen LogP contribution in [-0.4, -0.2) is 53.0 Å². The molecule has 0 atom stereocenters. The lowest BCUT2D eigenvalue weighted by atomic mass is 9.99. The van der Waals surface area contributed by atoms with E-state index in [-0.39, 0.29) is 0 Å². The largest absolute Gasteiger partial charge is 0.324 e. The van der Waals surface area contributed by atoms with Crippen LogP contribution in [-0.2, 0) is 13.0 Å². The predicted octanol–water partition coefficient (Wildman–Crippen LogP) is 4.37. The van der Waals surface area contributed by atoms with Crippen LogP contribution in [0.2, 0.25) is 0 Å². The van der Waals surface area contributed by atoms with E-state index in [9.17, 15) is 0 Å². The molecule has 5 heteroatoms. The minimum Gasteiger partial charge on any atom is -0.324 e. The van der Waals surface area contributed by atoms with E-state index in [1.54, 1.807) is 0 Å². The van der Waals surface area contributed by atoms with Crippen LogP contribution in [0.3, 0.4) is 0 Å². The van der Waals surface area contributed by atoms with Gasteiger partial charge in [0.25, 0.3) is 0 Å². The van der Waals surface area contributed by atoms with Crippen molar-refractivity contribution in [1.29, 1.82) is 0 Å². The summed E-state index contributed by atoms with van der Waals surface area (Å²) in [6.07, 6.45) is 5.05. The average molecular weight is 412 g/mol. The van der Waals surface area contributed by atoms with Gasteiger partial charge in [0, 0.05) is 56.6 Å². The van der Waals surface area contributed by atoms with Crippen molar-refractivity contribution in [2.75, 3.05) is 38.5 Å². The molecule has 1 N–H and O–H groups in total. The topological polar surface area (TPSA) is 44.3 Å². The molecule has 2 heterocycles. The van der Waals surface area contributed by atoms with E-state index in [1.165, 1.54) is 27.8 Å². The number of nitrogens with zero attached hydrogens (tertiary/aromatic N) is 4. The van der Waals surface area contributed by atoms with E-state index >= 15 is 0 Å². The summed E-state index contributed by atoms with van der Waals surface area (Å²) >= 11 is 0. The van der Waals surface area contributed by atoms with Gasteiger partial charge in [-0.1, -0.05) is 36.4 Å². The van der Waals surface area contributed by atoms with Gasteiger partial charge in [-0.3, -0.25) is 4.90 Å². The summed E-state index contributed by atoms with van der Waals surface area (Å²) < 4.78 is 0. The molecule has 0 bridgehead atoms. The van der Waals surface area contributed by atoms with Crippen LogP contribution in [0.5, 0.6) is 0 Å². The number of aromatic nitrogens is 2. The minimum absolute atomic E-state index is 0.651. The summed E-state index contributed by atoms with van der Waals surface area (Å²) in [5.74, 6) is 0.651. The van der Waals surface area contributed by atoms with Crippen LogP contribution in [0.4, 0.5) is 11.6 Å². The van der Waals surface area contributed by atoms with Gasteiger partial charge in [-0.25, -0.2) is 9.97 Å². The Labute approximate surface area is 184 Å². The Morgan fingerprint density at radius 3 is 2.68 bits per heavy atom. The van der Waals surface area contributed by atoms with Crippen molar-refractivity contribution in [3.8, 4) is 0 Å². The van der Waals surface area contributed by atoms with Crippen molar-refractivity contribution in [1.82, 2.24) is 19.8 Å². The van der Waals surface area contributed by atoms with Gasteiger partial charge in [0.15, 0.2) is 0 Å². The third-order valence-corrected chi connectivity index (χ3v) is 6.27. The van der Waals surface area contributed by atoms with Crippen LogP contribution in [0.15, 0.2) is 54.7 Å². The number of hydrogen-bond acceptors (Lipinski definition) is 5. The summed E-state index contributed by atoms with van der Waals surface area (Å²) in [6.45, 7) is 7.66. The fraction of sp³-hybridized carbons (Fsp3) is 0.308. The summed E-state index contributed by atoms with van der Waals surface area (Å²) in [5.41, 5.74) is 8.47. The quantitative estimate of drug-likeness (QED) is 0.675. The van der Waals surface area contributed by atoms with Crippen molar-refractivity contribution in [2.45, 2.75) is 19.9 Å². The Morgan fingerprint density at radius 1 is 1.00 bits per heavy atom. The molecule has 0 amide bonds. The fourth-order valence-electron chi connectivity index (χ4n) is 4.41. The van der Waals surface area contributed by atoms with E-state index in [1.807, 2.05) is 6.20 Å². The van der Waals surface area contributed by atoms with Crippen molar-refractivity contribution in [2.24, 2.45) is 0 Å². The maximum atomic E-state index is 4.79. The van der Waals surface area contributed by atoms with Crippen LogP contribution in [0.1, 0.15) is 27.9 Å². The van der Waals surface area contributed by atoms with E-state index in [2.05, 4.69) is 88.7 Å². The van der Waals surface area contributed by atoms with Gasteiger partial charge in [0.05, 0.1) is 5.69 Å². The molecule has 3 aromatic rings. The molecule has 2 aliphatic rings. The van der Waals surface area contributed by atoms with Gasteiger partial charge in [0.1, 0.15) is 0 Å². The lowest BCUT2D eigenvalue weighted by molar-refractivity contribution is 0.148. The zero-order valence-corrected chi connectivity index (χ0v) is 18.3. The minimum atomic E-state index is 0.651. The molecule has 0 radical (unpaired) electrons. The van der Waals surface area contributed by atoms with Gasteiger partial charge in [-0.05, 0) is 54.4 Å². The summed E-state index contributed by atoms with van der Waals surface area (Å²) in [5, 5.41) is 3.41. The highest BCUT2D eigenvalue weighted by molar-refractivity contribution is 5.88. The van der Waals surface area contributed by atoms with Crippen LogP contribution >= 0.6 is 0 Å². The number of likely N-dealkylation sites (N-methyl/N-ethyl adjacent to an activating group) is 1. The number of nitrogens with one attached hydrogen (secondary N) is 1. The molecule has 1 aliphatic carbocycles. The Morgan fingerprint density at radius 2 is 1.84 bits per heavy atom. The van der Waals surface area contributed by atoms with E-state index in [0.717, 1.165) is 50.5 Å². The second kappa shape index (κ2) is 8.61. The molecule has 0 unspecified atom stereocenters. The predicted molar refractivity (Wildman–Crippen MR) is 127 cm³/mol.